The van der Waals surface area contributed by atoms with Crippen LogP contribution in [-0.2, 0) is 25.4 Å². The molecule has 1 unspecified atom stereocenters. The third-order valence-electron chi connectivity index (χ3n) is 8.71. The number of fused-ring (bicyclic) bond motifs is 2. The average Bonchev–Trinajstić information content (AvgIpc) is 3.75. The Morgan fingerprint density at radius 2 is 1.60 bits per heavy atom. The molecular weight excluding hydrogens is 622 g/mol. The van der Waals surface area contributed by atoms with Crippen molar-refractivity contribution in [1.82, 2.24) is 15.5 Å². The average molecular weight is 664 g/mol. The first-order valence-electron chi connectivity index (χ1n) is 15.4. The fourth-order valence-electron chi connectivity index (χ4n) is 5.92. The summed E-state index contributed by atoms with van der Waals surface area (Å²) in [5.74, 6) is 1.39. The minimum atomic E-state index is -1.69. The highest BCUT2D eigenvalue weighted by atomic mass is 16.7. The third-order valence-corrected chi connectivity index (χ3v) is 8.71. The number of H-pyrrole nitrogens is 1. The molecule has 3 aliphatic rings. The van der Waals surface area contributed by atoms with Gasteiger partial charge in [0, 0.05) is 18.0 Å². The molecule has 0 radical (unpaired) electrons. The molecule has 0 aliphatic carbocycles. The summed E-state index contributed by atoms with van der Waals surface area (Å²) in [4.78, 5) is 0. The normalized spacial score (nSPS) is 33.6. The van der Waals surface area contributed by atoms with Crippen molar-refractivity contribution in [2.75, 3.05) is 26.6 Å². The highest BCUT2D eigenvalue weighted by molar-refractivity contribution is 5.78. The van der Waals surface area contributed by atoms with Gasteiger partial charge in [-0.2, -0.15) is 5.10 Å². The van der Waals surface area contributed by atoms with Crippen LogP contribution in [0.25, 0.3) is 10.9 Å². The van der Waals surface area contributed by atoms with Gasteiger partial charge < -0.3 is 69.5 Å². The van der Waals surface area contributed by atoms with Crippen LogP contribution < -0.4 is 14.8 Å². The molecule has 2 aromatic carbocycles. The summed E-state index contributed by atoms with van der Waals surface area (Å²) in [6, 6.07) is 11.3. The molecule has 3 aliphatic heterocycles. The lowest BCUT2D eigenvalue weighted by Crippen LogP contribution is -2.62. The number of nitrogens with one attached hydrogen (secondary N) is 2. The van der Waals surface area contributed by atoms with E-state index in [-0.39, 0.29) is 19.4 Å². The minimum Gasteiger partial charge on any atom is -0.454 e. The van der Waals surface area contributed by atoms with Crippen molar-refractivity contribution in [2.24, 2.45) is 0 Å². The van der Waals surface area contributed by atoms with Crippen LogP contribution in [0.1, 0.15) is 24.2 Å². The summed E-state index contributed by atoms with van der Waals surface area (Å²) in [5.41, 5.74) is 2.52. The van der Waals surface area contributed by atoms with E-state index in [0.29, 0.717) is 17.9 Å². The quantitative estimate of drug-likeness (QED) is 0.104. The molecular formula is C31H41N3O13. The van der Waals surface area contributed by atoms with Crippen LogP contribution in [0.3, 0.4) is 0 Å². The van der Waals surface area contributed by atoms with Gasteiger partial charge in [-0.15, -0.1) is 0 Å². The number of nitrogens with zero attached hydrogens (tertiary/aromatic N) is 1. The van der Waals surface area contributed by atoms with Gasteiger partial charge in [0.25, 0.3) is 0 Å². The molecule has 9 N–H and O–H groups in total. The van der Waals surface area contributed by atoms with Gasteiger partial charge in [0.1, 0.15) is 48.8 Å². The number of ether oxygens (including phenoxy) is 6. The lowest BCUT2D eigenvalue weighted by atomic mass is 9.98. The number of rotatable bonds is 12. The Morgan fingerprint density at radius 1 is 0.872 bits per heavy atom. The lowest BCUT2D eigenvalue weighted by molar-refractivity contribution is -0.336. The van der Waals surface area contributed by atoms with Crippen LogP contribution in [0.2, 0.25) is 0 Å². The van der Waals surface area contributed by atoms with Gasteiger partial charge in [-0.3, -0.25) is 5.10 Å². The second-order valence-electron chi connectivity index (χ2n) is 12.1. The summed E-state index contributed by atoms with van der Waals surface area (Å²) in [5, 5.41) is 83.5. The molecule has 0 spiro atoms. The topological polar surface area (TPSA) is 238 Å². The van der Waals surface area contributed by atoms with Crippen LogP contribution >= 0.6 is 0 Å². The molecule has 4 heterocycles. The monoisotopic (exact) mass is 663 g/mol. The molecule has 0 amide bonds. The molecule has 2 saturated heterocycles. The van der Waals surface area contributed by atoms with Crippen LogP contribution in [0.4, 0.5) is 0 Å². The van der Waals surface area contributed by atoms with Crippen molar-refractivity contribution >= 4 is 10.9 Å². The van der Waals surface area contributed by atoms with Gasteiger partial charge in [-0.25, -0.2) is 0 Å². The first-order valence-corrected chi connectivity index (χ1v) is 15.4. The fourth-order valence-corrected chi connectivity index (χ4v) is 5.92. The molecule has 6 rings (SSSR count). The first-order chi connectivity index (χ1) is 22.6. The number of benzene rings is 2. The van der Waals surface area contributed by atoms with E-state index in [1.54, 1.807) is 6.20 Å². The summed E-state index contributed by atoms with van der Waals surface area (Å²) < 4.78 is 34.0. The van der Waals surface area contributed by atoms with Crippen molar-refractivity contribution in [1.29, 1.82) is 0 Å². The largest absolute Gasteiger partial charge is 0.454 e. The fraction of sp³-hybridized carbons (Fsp3) is 0.581. The Kier molecular flexibility index (Phi) is 10.6. The first kappa shape index (κ1) is 33.9. The number of aromatic nitrogens is 2. The molecule has 2 fully saturated rings. The van der Waals surface area contributed by atoms with Crippen molar-refractivity contribution in [3.63, 3.8) is 0 Å². The zero-order valence-electron chi connectivity index (χ0n) is 25.5. The molecule has 0 bridgehead atoms. The maximum atomic E-state index is 10.9. The van der Waals surface area contributed by atoms with Gasteiger partial charge in [-0.1, -0.05) is 18.2 Å². The van der Waals surface area contributed by atoms with E-state index in [2.05, 4.69) is 15.5 Å². The Balaban J connectivity index is 1.14. The molecule has 0 saturated carbocycles. The molecule has 16 heteroatoms. The van der Waals surface area contributed by atoms with Gasteiger partial charge in [-0.05, 0) is 42.7 Å². The molecule has 12 atom stereocenters. The van der Waals surface area contributed by atoms with E-state index in [1.807, 2.05) is 43.3 Å². The van der Waals surface area contributed by atoms with E-state index >= 15 is 0 Å². The number of aliphatic hydroxyl groups excluding tert-OH is 7. The van der Waals surface area contributed by atoms with Crippen molar-refractivity contribution < 1.29 is 64.2 Å². The second kappa shape index (κ2) is 14.7. The predicted octanol–water partition coefficient (Wildman–Crippen LogP) is -1.81. The van der Waals surface area contributed by atoms with Crippen LogP contribution in [0.15, 0.2) is 42.6 Å². The van der Waals surface area contributed by atoms with Gasteiger partial charge in [0.05, 0.1) is 31.0 Å². The van der Waals surface area contributed by atoms with Crippen LogP contribution in [0.5, 0.6) is 11.5 Å². The van der Waals surface area contributed by atoms with E-state index < -0.39 is 80.7 Å². The van der Waals surface area contributed by atoms with E-state index in [1.165, 1.54) is 0 Å². The second-order valence-corrected chi connectivity index (χ2v) is 12.1. The van der Waals surface area contributed by atoms with E-state index in [0.717, 1.165) is 22.0 Å². The molecule has 47 heavy (non-hydrogen) atoms. The maximum absolute atomic E-state index is 10.9. The zero-order valence-corrected chi connectivity index (χ0v) is 25.5. The predicted molar refractivity (Wildman–Crippen MR) is 160 cm³/mol. The zero-order chi connectivity index (χ0) is 33.2. The van der Waals surface area contributed by atoms with Crippen LogP contribution in [-0.4, -0.2) is 140 Å². The SMILES string of the molecule is CC(Cc1ccc2c(c1)OCO2)NC[C@H](O[C@@H]1O[C@H](CO[C@@H]2O[C@H](CO)[C@@H](O)[C@H](O)[C@H]2O)[C@@H](O)[C@H](O)[C@H]1O)c1ccc2cn[nH]c2c1. The summed E-state index contributed by atoms with van der Waals surface area (Å²) >= 11 is 0. The van der Waals surface area contributed by atoms with Crippen molar-refractivity contribution in [2.45, 2.75) is 86.9 Å². The van der Waals surface area contributed by atoms with Gasteiger partial charge in [0.2, 0.25) is 6.79 Å². The highest BCUT2D eigenvalue weighted by Crippen LogP contribution is 2.33. The summed E-state index contributed by atoms with van der Waals surface area (Å²) in [6.07, 6.45) is -13.6. The number of aromatic amines is 1. The smallest absolute Gasteiger partial charge is 0.231 e. The molecule has 16 nitrogen and oxygen atoms in total. The molecule has 3 aromatic rings. The standard InChI is InChI=1S/C31H41N3O13/c1-14(6-15-2-5-19-20(7-15)44-13-43-19)32-10-21(16-3-4-17-9-33-34-18(17)8-16)45-31-29(41)27(39)25(37)23(47-31)12-42-30-28(40)26(38)24(36)22(11-35)46-30/h2-5,7-9,14,21-32,35-41H,6,10-13H2,1H3,(H,33,34)/t14?,21-,22+,23+,24+,25+,26-,27-,28+,29+,30+,31+/m0/s1. The molecule has 258 valence electrons. The summed E-state index contributed by atoms with van der Waals surface area (Å²) in [6.45, 7) is 1.35. The van der Waals surface area contributed by atoms with Gasteiger partial charge in [0.15, 0.2) is 24.1 Å². The number of aliphatic hydroxyl groups is 7. The third kappa shape index (κ3) is 7.39. The van der Waals surface area contributed by atoms with E-state index in [4.69, 9.17) is 28.4 Å². The van der Waals surface area contributed by atoms with Gasteiger partial charge >= 0.3 is 0 Å². The molecule has 1 aromatic heterocycles. The van der Waals surface area contributed by atoms with Crippen molar-refractivity contribution in [3.05, 3.63) is 53.7 Å². The lowest BCUT2D eigenvalue weighted by Gasteiger charge is -2.43. The Bertz CT molecular complexity index is 1480. The maximum Gasteiger partial charge on any atom is 0.231 e. The van der Waals surface area contributed by atoms with E-state index in [9.17, 15) is 35.7 Å². The van der Waals surface area contributed by atoms with Crippen molar-refractivity contribution in [3.8, 4) is 11.5 Å². The Morgan fingerprint density at radius 3 is 2.38 bits per heavy atom. The number of hydrogen-bond donors (Lipinski definition) is 9. The number of hydrogen-bond acceptors (Lipinski definition) is 15. The van der Waals surface area contributed by atoms with Crippen LogP contribution in [0, 0.1) is 0 Å². The Labute approximate surface area is 269 Å². The Hall–Kier alpha value is -2.97. The summed E-state index contributed by atoms with van der Waals surface area (Å²) in [7, 11) is 0. The minimum absolute atomic E-state index is 0.0262. The highest BCUT2D eigenvalue weighted by Gasteiger charge is 2.48.